The summed E-state index contributed by atoms with van der Waals surface area (Å²) >= 11 is 6.13. The first-order chi connectivity index (χ1) is 13.4. The summed E-state index contributed by atoms with van der Waals surface area (Å²) in [6, 6.07) is 7.71. The molecular weight excluding hydrogens is 376 g/mol. The Hall–Kier alpha value is -2.25. The van der Waals surface area contributed by atoms with Gasteiger partial charge in [-0.2, -0.15) is 9.97 Å². The average Bonchev–Trinajstić information content (AvgIpc) is 3.10. The number of benzene rings is 1. The van der Waals surface area contributed by atoms with Crippen molar-refractivity contribution >= 4 is 40.6 Å². The SMILES string of the molecule is CCC(C)[C@@H](CO)Nc1nc(Nc2cccc(Cl)c2)c2c(n1)N(C(C)C)CN2. The molecule has 4 N–H and O–H groups in total. The van der Waals surface area contributed by atoms with Crippen LogP contribution in [-0.2, 0) is 0 Å². The molecule has 8 heteroatoms. The van der Waals surface area contributed by atoms with Gasteiger partial charge in [-0.05, 0) is 38.0 Å². The van der Waals surface area contributed by atoms with E-state index in [9.17, 15) is 5.11 Å². The third-order valence-corrected chi connectivity index (χ3v) is 5.38. The molecule has 2 aromatic rings. The van der Waals surface area contributed by atoms with Crippen molar-refractivity contribution in [3.05, 3.63) is 29.3 Å². The highest BCUT2D eigenvalue weighted by Gasteiger charge is 2.28. The Kier molecular flexibility index (Phi) is 6.46. The number of halogens is 1. The van der Waals surface area contributed by atoms with Crippen molar-refractivity contribution in [3.8, 4) is 0 Å². The van der Waals surface area contributed by atoms with Crippen molar-refractivity contribution in [2.75, 3.05) is 34.1 Å². The van der Waals surface area contributed by atoms with Crippen molar-refractivity contribution in [2.45, 2.75) is 46.2 Å². The Balaban J connectivity index is 1.98. The number of aromatic nitrogens is 2. The van der Waals surface area contributed by atoms with Crippen molar-refractivity contribution < 1.29 is 5.11 Å². The molecule has 0 bridgehead atoms. The standard InChI is InChI=1S/C20H29ClN6O/c1-5-13(4)16(10-28)24-20-25-18(23-15-8-6-7-14(21)9-15)17-19(26-20)27(11-22-17)12(2)3/h6-9,12-13,16,22,28H,5,10-11H2,1-4H3,(H2,23,24,25,26)/t13?,16-/m1/s1. The van der Waals surface area contributed by atoms with Gasteiger partial charge in [0.2, 0.25) is 5.95 Å². The van der Waals surface area contributed by atoms with E-state index < -0.39 is 0 Å². The van der Waals surface area contributed by atoms with Gasteiger partial charge in [0, 0.05) is 16.8 Å². The third-order valence-electron chi connectivity index (χ3n) is 5.14. The summed E-state index contributed by atoms with van der Waals surface area (Å²) in [5.41, 5.74) is 1.72. The maximum atomic E-state index is 9.79. The molecule has 1 unspecified atom stereocenters. The highest BCUT2D eigenvalue weighted by atomic mass is 35.5. The molecule has 0 saturated carbocycles. The second-order valence-electron chi connectivity index (χ2n) is 7.45. The second-order valence-corrected chi connectivity index (χ2v) is 7.88. The Morgan fingerprint density at radius 3 is 2.71 bits per heavy atom. The number of aliphatic hydroxyl groups is 1. The molecule has 28 heavy (non-hydrogen) atoms. The molecule has 3 rings (SSSR count). The van der Waals surface area contributed by atoms with Crippen LogP contribution in [0, 0.1) is 5.92 Å². The minimum Gasteiger partial charge on any atom is -0.394 e. The first kappa shape index (κ1) is 20.5. The van der Waals surface area contributed by atoms with E-state index in [-0.39, 0.29) is 12.6 Å². The Labute approximate surface area is 171 Å². The molecule has 0 fully saturated rings. The number of anilines is 5. The number of nitrogens with zero attached hydrogens (tertiary/aromatic N) is 3. The van der Waals surface area contributed by atoms with Gasteiger partial charge in [-0.3, -0.25) is 0 Å². The lowest BCUT2D eigenvalue weighted by molar-refractivity contribution is 0.240. The van der Waals surface area contributed by atoms with Crippen LogP contribution in [0.15, 0.2) is 24.3 Å². The van der Waals surface area contributed by atoms with E-state index in [2.05, 4.69) is 48.5 Å². The van der Waals surface area contributed by atoms with Crippen LogP contribution in [0.3, 0.4) is 0 Å². The van der Waals surface area contributed by atoms with Gasteiger partial charge >= 0.3 is 0 Å². The maximum absolute atomic E-state index is 9.79. The number of fused-ring (bicyclic) bond motifs is 1. The van der Waals surface area contributed by atoms with Crippen molar-refractivity contribution in [3.63, 3.8) is 0 Å². The van der Waals surface area contributed by atoms with Gasteiger partial charge in [0.1, 0.15) is 5.69 Å². The van der Waals surface area contributed by atoms with Gasteiger partial charge in [0.15, 0.2) is 11.6 Å². The molecule has 1 aliphatic rings. The van der Waals surface area contributed by atoms with Crippen LogP contribution in [0.5, 0.6) is 0 Å². The quantitative estimate of drug-likeness (QED) is 0.522. The fourth-order valence-corrected chi connectivity index (χ4v) is 3.35. The van der Waals surface area contributed by atoms with E-state index in [1.165, 1.54) is 0 Å². The van der Waals surface area contributed by atoms with Gasteiger partial charge in [-0.25, -0.2) is 0 Å². The third kappa shape index (κ3) is 4.42. The fraction of sp³-hybridized carbons (Fsp3) is 0.500. The average molecular weight is 405 g/mol. The smallest absolute Gasteiger partial charge is 0.227 e. The monoisotopic (exact) mass is 404 g/mol. The molecule has 0 saturated heterocycles. The van der Waals surface area contributed by atoms with Crippen LogP contribution in [0.2, 0.25) is 5.02 Å². The van der Waals surface area contributed by atoms with E-state index in [1.807, 2.05) is 24.3 Å². The molecular formula is C20H29ClN6O. The van der Waals surface area contributed by atoms with Gasteiger partial charge in [-0.15, -0.1) is 0 Å². The van der Waals surface area contributed by atoms with Gasteiger partial charge in [0.05, 0.1) is 19.3 Å². The number of hydrogen-bond donors (Lipinski definition) is 4. The molecule has 0 radical (unpaired) electrons. The Morgan fingerprint density at radius 1 is 1.29 bits per heavy atom. The molecule has 7 nitrogen and oxygen atoms in total. The molecule has 1 aromatic heterocycles. The highest BCUT2D eigenvalue weighted by Crippen LogP contribution is 2.38. The zero-order valence-corrected chi connectivity index (χ0v) is 17.6. The first-order valence-corrected chi connectivity index (χ1v) is 10.1. The minimum atomic E-state index is -0.107. The molecule has 0 spiro atoms. The maximum Gasteiger partial charge on any atom is 0.227 e. The number of nitrogens with one attached hydrogen (secondary N) is 3. The highest BCUT2D eigenvalue weighted by molar-refractivity contribution is 6.30. The van der Waals surface area contributed by atoms with E-state index >= 15 is 0 Å². The van der Waals surface area contributed by atoms with Gasteiger partial charge < -0.3 is 26.0 Å². The van der Waals surface area contributed by atoms with Crippen LogP contribution in [0.25, 0.3) is 0 Å². The van der Waals surface area contributed by atoms with Crippen molar-refractivity contribution in [2.24, 2.45) is 5.92 Å². The molecule has 152 valence electrons. The topological polar surface area (TPSA) is 85.3 Å². The van der Waals surface area contributed by atoms with Crippen LogP contribution < -0.4 is 20.9 Å². The summed E-state index contributed by atoms with van der Waals surface area (Å²) in [6.45, 7) is 9.17. The summed E-state index contributed by atoms with van der Waals surface area (Å²) < 4.78 is 0. The normalized spacial score (nSPS) is 15.2. The molecule has 0 amide bonds. The molecule has 1 aliphatic heterocycles. The van der Waals surface area contributed by atoms with Gasteiger partial charge in [-0.1, -0.05) is 37.9 Å². The molecule has 2 heterocycles. The molecule has 1 aromatic carbocycles. The van der Waals surface area contributed by atoms with Crippen molar-refractivity contribution in [1.29, 1.82) is 0 Å². The lowest BCUT2D eigenvalue weighted by atomic mass is 10.0. The van der Waals surface area contributed by atoms with Crippen LogP contribution in [-0.4, -0.2) is 40.4 Å². The Morgan fingerprint density at radius 2 is 2.07 bits per heavy atom. The summed E-state index contributed by atoms with van der Waals surface area (Å²) in [4.78, 5) is 11.6. The van der Waals surface area contributed by atoms with Crippen LogP contribution in [0.4, 0.5) is 29.0 Å². The number of aliphatic hydroxyl groups excluding tert-OH is 1. The van der Waals surface area contributed by atoms with Crippen LogP contribution >= 0.6 is 11.6 Å². The summed E-state index contributed by atoms with van der Waals surface area (Å²) in [7, 11) is 0. The number of rotatable bonds is 8. The fourth-order valence-electron chi connectivity index (χ4n) is 3.16. The first-order valence-electron chi connectivity index (χ1n) is 9.75. The summed E-state index contributed by atoms with van der Waals surface area (Å²) in [5.74, 6) is 2.32. The predicted molar refractivity (Wildman–Crippen MR) is 117 cm³/mol. The lowest BCUT2D eigenvalue weighted by Gasteiger charge is -2.25. The van der Waals surface area contributed by atoms with E-state index in [0.717, 1.165) is 23.6 Å². The van der Waals surface area contributed by atoms with E-state index in [1.54, 1.807) is 0 Å². The molecule has 0 aliphatic carbocycles. The molecule has 2 atom stereocenters. The van der Waals surface area contributed by atoms with E-state index in [4.69, 9.17) is 21.6 Å². The van der Waals surface area contributed by atoms with Crippen molar-refractivity contribution in [1.82, 2.24) is 9.97 Å². The number of hydrogen-bond acceptors (Lipinski definition) is 7. The minimum absolute atomic E-state index is 0.0264. The lowest BCUT2D eigenvalue weighted by Crippen LogP contribution is -2.33. The summed E-state index contributed by atoms with van der Waals surface area (Å²) in [6.07, 6.45) is 0.955. The largest absolute Gasteiger partial charge is 0.394 e. The Bertz CT molecular complexity index is 815. The summed E-state index contributed by atoms with van der Waals surface area (Å²) in [5, 5.41) is 20.5. The predicted octanol–water partition coefficient (Wildman–Crippen LogP) is 4.29. The second kappa shape index (κ2) is 8.84. The zero-order valence-electron chi connectivity index (χ0n) is 16.8. The zero-order chi connectivity index (χ0) is 20.3. The van der Waals surface area contributed by atoms with Crippen LogP contribution in [0.1, 0.15) is 34.1 Å². The van der Waals surface area contributed by atoms with Gasteiger partial charge in [0.25, 0.3) is 0 Å². The van der Waals surface area contributed by atoms with E-state index in [0.29, 0.717) is 35.4 Å².